The van der Waals surface area contributed by atoms with Crippen LogP contribution in [0.5, 0.6) is 0 Å². The third-order valence-corrected chi connectivity index (χ3v) is 5.25. The number of anilines is 1. The van der Waals surface area contributed by atoms with Crippen LogP contribution in [0.15, 0.2) is 53.4 Å². The van der Waals surface area contributed by atoms with E-state index in [-0.39, 0.29) is 29.2 Å². The van der Waals surface area contributed by atoms with Crippen molar-refractivity contribution < 1.29 is 17.6 Å². The normalized spacial score (nSPS) is 12.8. The maximum absolute atomic E-state index is 13.5. The number of hydrogen-bond acceptors (Lipinski definition) is 4. The Balaban J connectivity index is 2.13. The highest BCUT2D eigenvalue weighted by Crippen LogP contribution is 2.20. The third kappa shape index (κ3) is 5.35. The van der Waals surface area contributed by atoms with Crippen LogP contribution in [0.2, 0.25) is 0 Å². The summed E-state index contributed by atoms with van der Waals surface area (Å²) in [4.78, 5) is 12.9. The highest BCUT2D eigenvalue weighted by molar-refractivity contribution is 7.89. The van der Waals surface area contributed by atoms with Gasteiger partial charge in [-0.3, -0.25) is 4.79 Å². The molecule has 0 saturated heterocycles. The molecule has 2 rings (SSSR count). The molecule has 2 aromatic carbocycles. The molecule has 1 amide bonds. The summed E-state index contributed by atoms with van der Waals surface area (Å²) in [6.45, 7) is 1.46. The van der Waals surface area contributed by atoms with Crippen LogP contribution in [0, 0.1) is 5.82 Å². The van der Waals surface area contributed by atoms with E-state index in [1.54, 1.807) is 26.2 Å². The monoisotopic (exact) mass is 379 g/mol. The summed E-state index contributed by atoms with van der Waals surface area (Å²) in [6, 6.07) is 11.6. The molecule has 0 unspecified atom stereocenters. The van der Waals surface area contributed by atoms with Gasteiger partial charge in [0.2, 0.25) is 15.9 Å². The number of amides is 1. The number of likely N-dealkylation sites (N-methyl/N-ethyl adjacent to an activating group) is 1. The molecular weight excluding hydrogens is 357 g/mol. The Bertz CT molecular complexity index is 868. The Hall–Kier alpha value is -2.29. The number of nitrogens with zero attached hydrogens (tertiary/aromatic N) is 1. The van der Waals surface area contributed by atoms with Gasteiger partial charge in [-0.1, -0.05) is 12.1 Å². The summed E-state index contributed by atoms with van der Waals surface area (Å²) < 4.78 is 41.0. The number of hydrogen-bond donors (Lipinski definition) is 2. The quantitative estimate of drug-likeness (QED) is 0.774. The average Bonchev–Trinajstić information content (AvgIpc) is 2.54. The lowest BCUT2D eigenvalue weighted by Crippen LogP contribution is -2.34. The topological polar surface area (TPSA) is 78.5 Å². The van der Waals surface area contributed by atoms with E-state index in [2.05, 4.69) is 10.0 Å². The first kappa shape index (κ1) is 20.0. The van der Waals surface area contributed by atoms with E-state index >= 15 is 0 Å². The number of sulfonamides is 1. The van der Waals surface area contributed by atoms with Crippen molar-refractivity contribution in [2.45, 2.75) is 17.9 Å². The van der Waals surface area contributed by atoms with E-state index in [1.807, 2.05) is 4.90 Å². The fraction of sp³-hybridized carbons (Fsp3) is 0.278. The highest BCUT2D eigenvalue weighted by atomic mass is 32.2. The number of halogens is 1. The number of nitrogens with one attached hydrogen (secondary N) is 2. The molecule has 0 aliphatic carbocycles. The molecule has 140 valence electrons. The van der Waals surface area contributed by atoms with E-state index in [0.717, 1.165) is 0 Å². The molecule has 2 aromatic rings. The number of carbonyl (C=O) groups is 1. The first-order valence-corrected chi connectivity index (χ1v) is 9.46. The standard InChI is InChI=1S/C18H22FN3O3S/c1-13(23)21-16-7-9-17(10-8-16)26(24,25)20-12-18(22(2)3)14-5-4-6-15(19)11-14/h4-11,18,20H,12H2,1-3H3,(H,21,23)/t18-/m0/s1. The van der Waals surface area contributed by atoms with Gasteiger partial charge in [-0.25, -0.2) is 17.5 Å². The average molecular weight is 379 g/mol. The summed E-state index contributed by atoms with van der Waals surface area (Å²) in [5.74, 6) is -0.603. The summed E-state index contributed by atoms with van der Waals surface area (Å²) in [6.07, 6.45) is 0. The SMILES string of the molecule is CC(=O)Nc1ccc(S(=O)(=O)NC[C@@H](c2cccc(F)c2)N(C)C)cc1. The molecule has 0 radical (unpaired) electrons. The van der Waals surface area contributed by atoms with Crippen molar-refractivity contribution in [3.8, 4) is 0 Å². The number of benzene rings is 2. The van der Waals surface area contributed by atoms with Crippen LogP contribution in [0.4, 0.5) is 10.1 Å². The molecule has 0 fully saturated rings. The molecule has 6 nitrogen and oxygen atoms in total. The summed E-state index contributed by atoms with van der Waals surface area (Å²) >= 11 is 0. The lowest BCUT2D eigenvalue weighted by molar-refractivity contribution is -0.114. The predicted octanol–water partition coefficient (Wildman–Crippen LogP) is 2.37. The molecule has 0 aromatic heterocycles. The van der Waals surface area contributed by atoms with Gasteiger partial charge in [0.15, 0.2) is 0 Å². The van der Waals surface area contributed by atoms with Gasteiger partial charge >= 0.3 is 0 Å². The maximum Gasteiger partial charge on any atom is 0.240 e. The molecule has 0 bridgehead atoms. The second-order valence-corrected chi connectivity index (χ2v) is 7.86. The third-order valence-electron chi connectivity index (χ3n) is 3.81. The zero-order valence-corrected chi connectivity index (χ0v) is 15.7. The van der Waals surface area contributed by atoms with E-state index < -0.39 is 10.0 Å². The van der Waals surface area contributed by atoms with Gasteiger partial charge < -0.3 is 10.2 Å². The lowest BCUT2D eigenvalue weighted by Gasteiger charge is -2.25. The molecule has 1 atom stereocenters. The zero-order chi connectivity index (χ0) is 19.3. The van der Waals surface area contributed by atoms with Crippen molar-refractivity contribution in [3.63, 3.8) is 0 Å². The van der Waals surface area contributed by atoms with Crippen LogP contribution < -0.4 is 10.0 Å². The van der Waals surface area contributed by atoms with Crippen LogP contribution in [0.1, 0.15) is 18.5 Å². The Morgan fingerprint density at radius 2 is 1.81 bits per heavy atom. The van der Waals surface area contributed by atoms with Crippen LogP contribution in [0.3, 0.4) is 0 Å². The van der Waals surface area contributed by atoms with Gasteiger partial charge in [0.25, 0.3) is 0 Å². The Morgan fingerprint density at radius 1 is 1.15 bits per heavy atom. The number of rotatable bonds is 7. The summed E-state index contributed by atoms with van der Waals surface area (Å²) in [7, 11) is -0.140. The van der Waals surface area contributed by atoms with E-state index in [9.17, 15) is 17.6 Å². The van der Waals surface area contributed by atoms with Crippen LogP contribution >= 0.6 is 0 Å². The van der Waals surface area contributed by atoms with Crippen molar-refractivity contribution in [2.75, 3.05) is 26.0 Å². The summed E-state index contributed by atoms with van der Waals surface area (Å²) in [5, 5.41) is 2.58. The van der Waals surface area contributed by atoms with Crippen molar-refractivity contribution in [1.29, 1.82) is 0 Å². The van der Waals surface area contributed by atoms with E-state index in [4.69, 9.17) is 0 Å². The minimum atomic E-state index is -3.74. The van der Waals surface area contributed by atoms with Gasteiger partial charge in [-0.2, -0.15) is 0 Å². The first-order chi connectivity index (χ1) is 12.2. The molecule has 0 aliphatic heterocycles. The lowest BCUT2D eigenvalue weighted by atomic mass is 10.1. The fourth-order valence-corrected chi connectivity index (χ4v) is 3.54. The largest absolute Gasteiger partial charge is 0.326 e. The molecule has 2 N–H and O–H groups in total. The van der Waals surface area contributed by atoms with Gasteiger partial charge in [-0.05, 0) is 56.1 Å². The van der Waals surface area contributed by atoms with Crippen molar-refractivity contribution in [3.05, 3.63) is 59.9 Å². The fourth-order valence-electron chi connectivity index (χ4n) is 2.51. The van der Waals surface area contributed by atoms with Gasteiger partial charge in [0.05, 0.1) is 4.90 Å². The van der Waals surface area contributed by atoms with Gasteiger partial charge in [0.1, 0.15) is 5.82 Å². The molecule has 8 heteroatoms. The van der Waals surface area contributed by atoms with Gasteiger partial charge in [0, 0.05) is 25.2 Å². The number of carbonyl (C=O) groups excluding carboxylic acids is 1. The minimum Gasteiger partial charge on any atom is -0.326 e. The molecule has 0 aliphatic rings. The Morgan fingerprint density at radius 3 is 2.35 bits per heavy atom. The molecule has 26 heavy (non-hydrogen) atoms. The first-order valence-electron chi connectivity index (χ1n) is 7.98. The smallest absolute Gasteiger partial charge is 0.240 e. The molecular formula is C18H22FN3O3S. The Kier molecular flexibility index (Phi) is 6.47. The molecule has 0 heterocycles. The molecule has 0 spiro atoms. The van der Waals surface area contributed by atoms with Crippen LogP contribution in [0.25, 0.3) is 0 Å². The van der Waals surface area contributed by atoms with Crippen molar-refractivity contribution in [1.82, 2.24) is 9.62 Å². The zero-order valence-electron chi connectivity index (χ0n) is 14.9. The second-order valence-electron chi connectivity index (χ2n) is 6.09. The molecule has 0 saturated carbocycles. The maximum atomic E-state index is 13.5. The van der Waals surface area contributed by atoms with E-state index in [0.29, 0.717) is 11.3 Å². The Labute approximate surface area is 153 Å². The van der Waals surface area contributed by atoms with Crippen LogP contribution in [-0.2, 0) is 14.8 Å². The highest BCUT2D eigenvalue weighted by Gasteiger charge is 2.20. The minimum absolute atomic E-state index is 0.0864. The van der Waals surface area contributed by atoms with Crippen molar-refractivity contribution in [2.24, 2.45) is 0 Å². The van der Waals surface area contributed by atoms with Crippen molar-refractivity contribution >= 4 is 21.6 Å². The van der Waals surface area contributed by atoms with E-state index in [1.165, 1.54) is 43.3 Å². The van der Waals surface area contributed by atoms with Gasteiger partial charge in [-0.15, -0.1) is 0 Å². The predicted molar refractivity (Wildman–Crippen MR) is 98.8 cm³/mol. The van der Waals surface area contributed by atoms with Crippen LogP contribution in [-0.4, -0.2) is 39.9 Å². The summed E-state index contributed by atoms with van der Waals surface area (Å²) in [5.41, 5.74) is 1.20. The second kappa shape index (κ2) is 8.39.